The maximum Gasteiger partial charge on any atom is 0.323 e. The van der Waals surface area contributed by atoms with E-state index in [9.17, 15) is 4.79 Å². The minimum Gasteiger partial charge on any atom is -0.378 e. The average molecular weight is 474 g/mol. The summed E-state index contributed by atoms with van der Waals surface area (Å²) in [6.45, 7) is 7.23. The lowest BCUT2D eigenvalue weighted by molar-refractivity contribution is 0.122. The molecule has 0 aliphatic carbocycles. The van der Waals surface area contributed by atoms with Gasteiger partial charge in [0.2, 0.25) is 0 Å². The molecule has 9 nitrogen and oxygen atoms in total. The normalized spacial score (nSPS) is 16.7. The second kappa shape index (κ2) is 10.7. The largest absolute Gasteiger partial charge is 0.378 e. The van der Waals surface area contributed by atoms with Gasteiger partial charge >= 0.3 is 6.03 Å². The second-order valence-corrected chi connectivity index (χ2v) is 8.83. The van der Waals surface area contributed by atoms with Gasteiger partial charge in [-0.2, -0.15) is 0 Å². The molecule has 2 saturated heterocycles. The van der Waals surface area contributed by atoms with Gasteiger partial charge in [0.1, 0.15) is 5.82 Å². The maximum atomic E-state index is 12.5. The summed E-state index contributed by atoms with van der Waals surface area (Å²) in [5.74, 6) is 1.56. The summed E-state index contributed by atoms with van der Waals surface area (Å²) in [5.41, 5.74) is 3.53. The summed E-state index contributed by atoms with van der Waals surface area (Å²) in [4.78, 5) is 28.5. The molecular weight excluding hydrogens is 442 g/mol. The molecule has 0 bridgehead atoms. The predicted molar refractivity (Wildman–Crippen MR) is 139 cm³/mol. The van der Waals surface area contributed by atoms with Crippen LogP contribution in [0.3, 0.4) is 0 Å². The average Bonchev–Trinajstić information content (AvgIpc) is 2.91. The SMILES string of the molecule is CN1CCN(c2ccc(NC(=O)Nc3ccc(-c4nccc(N5CCOCC5)n4)cc3)cc2)CC1. The van der Waals surface area contributed by atoms with Crippen LogP contribution in [-0.2, 0) is 4.74 Å². The van der Waals surface area contributed by atoms with E-state index < -0.39 is 0 Å². The Labute approximate surface area is 205 Å². The zero-order valence-electron chi connectivity index (χ0n) is 20.0. The van der Waals surface area contributed by atoms with Crippen molar-refractivity contribution in [2.75, 3.05) is 80.0 Å². The first-order valence-electron chi connectivity index (χ1n) is 12.0. The van der Waals surface area contributed by atoms with Gasteiger partial charge in [0.15, 0.2) is 5.82 Å². The number of anilines is 4. The van der Waals surface area contributed by atoms with Crippen LogP contribution in [0.5, 0.6) is 0 Å². The lowest BCUT2D eigenvalue weighted by Gasteiger charge is -2.34. The van der Waals surface area contributed by atoms with Crippen molar-refractivity contribution in [3.05, 3.63) is 60.8 Å². The van der Waals surface area contributed by atoms with Crippen molar-refractivity contribution in [3.63, 3.8) is 0 Å². The first kappa shape index (κ1) is 23.1. The Morgan fingerprint density at radius 3 is 2.09 bits per heavy atom. The van der Waals surface area contributed by atoms with Gasteiger partial charge in [-0.3, -0.25) is 0 Å². The molecule has 2 N–H and O–H groups in total. The van der Waals surface area contributed by atoms with E-state index in [2.05, 4.69) is 49.5 Å². The molecular formula is C26H31N7O2. The third-order valence-electron chi connectivity index (χ3n) is 6.37. The van der Waals surface area contributed by atoms with E-state index in [1.807, 2.05) is 42.5 Å². The number of urea groups is 1. The first-order chi connectivity index (χ1) is 17.1. The fourth-order valence-corrected chi connectivity index (χ4v) is 4.27. The Hall–Kier alpha value is -3.69. The molecule has 1 aromatic heterocycles. The number of morpholine rings is 1. The molecule has 2 amide bonds. The Morgan fingerprint density at radius 2 is 1.43 bits per heavy atom. The van der Waals surface area contributed by atoms with Crippen LogP contribution >= 0.6 is 0 Å². The summed E-state index contributed by atoms with van der Waals surface area (Å²) in [6, 6.07) is 17.2. The molecule has 9 heteroatoms. The predicted octanol–water partition coefficient (Wildman–Crippen LogP) is 3.38. The Morgan fingerprint density at radius 1 is 0.800 bits per heavy atom. The molecule has 0 unspecified atom stereocenters. The van der Waals surface area contributed by atoms with Crippen LogP contribution in [0.2, 0.25) is 0 Å². The number of piperazine rings is 1. The van der Waals surface area contributed by atoms with E-state index in [0.29, 0.717) is 24.7 Å². The minimum atomic E-state index is -0.282. The van der Waals surface area contributed by atoms with Crippen molar-refractivity contribution >= 4 is 28.9 Å². The van der Waals surface area contributed by atoms with Crippen LogP contribution in [0, 0.1) is 0 Å². The molecule has 2 aliphatic heterocycles. The van der Waals surface area contributed by atoms with E-state index in [1.165, 1.54) is 5.69 Å². The molecule has 2 aromatic carbocycles. The number of aromatic nitrogens is 2. The number of rotatable bonds is 5. The molecule has 0 radical (unpaired) electrons. The minimum absolute atomic E-state index is 0.282. The maximum absolute atomic E-state index is 12.5. The highest BCUT2D eigenvalue weighted by atomic mass is 16.5. The third kappa shape index (κ3) is 5.87. The number of likely N-dealkylation sites (N-methyl/N-ethyl adjacent to an activating group) is 1. The molecule has 0 saturated carbocycles. The number of carbonyl (C=O) groups is 1. The van der Waals surface area contributed by atoms with Crippen molar-refractivity contribution in [2.45, 2.75) is 0 Å². The van der Waals surface area contributed by atoms with Gasteiger partial charge < -0.3 is 30.1 Å². The lowest BCUT2D eigenvalue weighted by atomic mass is 10.2. The van der Waals surface area contributed by atoms with Crippen LogP contribution < -0.4 is 20.4 Å². The molecule has 3 heterocycles. The fourth-order valence-electron chi connectivity index (χ4n) is 4.27. The van der Waals surface area contributed by atoms with E-state index in [1.54, 1.807) is 6.20 Å². The molecule has 182 valence electrons. The van der Waals surface area contributed by atoms with E-state index in [0.717, 1.165) is 56.3 Å². The van der Waals surface area contributed by atoms with Crippen molar-refractivity contribution in [2.24, 2.45) is 0 Å². The van der Waals surface area contributed by atoms with E-state index >= 15 is 0 Å². The molecule has 5 rings (SSSR count). The van der Waals surface area contributed by atoms with Gasteiger partial charge in [-0.15, -0.1) is 0 Å². The summed E-state index contributed by atoms with van der Waals surface area (Å²) in [6.07, 6.45) is 1.78. The number of hydrogen-bond acceptors (Lipinski definition) is 7. The van der Waals surface area contributed by atoms with Gasteiger partial charge in [-0.25, -0.2) is 14.8 Å². The van der Waals surface area contributed by atoms with E-state index in [-0.39, 0.29) is 6.03 Å². The van der Waals surface area contributed by atoms with Crippen LogP contribution in [0.25, 0.3) is 11.4 Å². The monoisotopic (exact) mass is 473 g/mol. The smallest absolute Gasteiger partial charge is 0.323 e. The number of benzene rings is 2. The Kier molecular flexibility index (Phi) is 7.06. The van der Waals surface area contributed by atoms with E-state index in [4.69, 9.17) is 9.72 Å². The molecule has 3 aromatic rings. The van der Waals surface area contributed by atoms with Crippen LogP contribution in [0.15, 0.2) is 60.8 Å². The second-order valence-electron chi connectivity index (χ2n) is 8.83. The highest BCUT2D eigenvalue weighted by molar-refractivity contribution is 5.99. The number of carbonyl (C=O) groups excluding carboxylic acids is 1. The molecule has 0 spiro atoms. The summed E-state index contributed by atoms with van der Waals surface area (Å²) in [5, 5.41) is 5.79. The lowest BCUT2D eigenvalue weighted by Crippen LogP contribution is -2.44. The summed E-state index contributed by atoms with van der Waals surface area (Å²) >= 11 is 0. The zero-order chi connectivity index (χ0) is 24.0. The highest BCUT2D eigenvalue weighted by Crippen LogP contribution is 2.22. The van der Waals surface area contributed by atoms with Crippen LogP contribution in [0.1, 0.15) is 0 Å². The van der Waals surface area contributed by atoms with Crippen molar-refractivity contribution in [1.82, 2.24) is 14.9 Å². The van der Waals surface area contributed by atoms with Crippen molar-refractivity contribution in [1.29, 1.82) is 0 Å². The molecule has 35 heavy (non-hydrogen) atoms. The highest BCUT2D eigenvalue weighted by Gasteiger charge is 2.15. The standard InChI is InChI=1S/C26H31N7O2/c1-31-12-14-32(15-13-31)23-8-6-22(7-9-23)29-26(34)28-21-4-2-20(3-5-21)25-27-11-10-24(30-25)33-16-18-35-19-17-33/h2-11H,12-19H2,1H3,(H2,28,29,34). The van der Waals surface area contributed by atoms with Gasteiger partial charge in [0.05, 0.1) is 13.2 Å². The molecule has 2 fully saturated rings. The van der Waals surface area contributed by atoms with Gasteiger partial charge in [-0.1, -0.05) is 0 Å². The third-order valence-corrected chi connectivity index (χ3v) is 6.37. The number of nitrogens with one attached hydrogen (secondary N) is 2. The summed E-state index contributed by atoms with van der Waals surface area (Å²) < 4.78 is 5.42. The summed E-state index contributed by atoms with van der Waals surface area (Å²) in [7, 11) is 2.15. The van der Waals surface area contributed by atoms with Crippen molar-refractivity contribution in [3.8, 4) is 11.4 Å². The van der Waals surface area contributed by atoms with Gasteiger partial charge in [-0.05, 0) is 61.6 Å². The Balaban J connectivity index is 1.16. The number of amides is 2. The number of ether oxygens (including phenoxy) is 1. The Bertz CT molecular complexity index is 1120. The van der Waals surface area contributed by atoms with Crippen LogP contribution in [-0.4, -0.2) is 80.4 Å². The topological polar surface area (TPSA) is 85.9 Å². The molecule has 2 aliphatic rings. The van der Waals surface area contributed by atoms with Crippen LogP contribution in [0.4, 0.5) is 27.7 Å². The zero-order valence-corrected chi connectivity index (χ0v) is 20.0. The number of hydrogen-bond donors (Lipinski definition) is 2. The van der Waals surface area contributed by atoms with Gasteiger partial charge in [0.25, 0.3) is 0 Å². The van der Waals surface area contributed by atoms with Gasteiger partial charge in [0, 0.05) is 68.1 Å². The quantitative estimate of drug-likeness (QED) is 0.588. The first-order valence-corrected chi connectivity index (χ1v) is 12.0. The van der Waals surface area contributed by atoms with Crippen molar-refractivity contribution < 1.29 is 9.53 Å². The molecule has 0 atom stereocenters. The fraction of sp³-hybridized carbons (Fsp3) is 0.346. The number of nitrogens with zero attached hydrogens (tertiary/aromatic N) is 5.